The topological polar surface area (TPSA) is 55.0 Å². The molecule has 0 N–H and O–H groups in total. The van der Waals surface area contributed by atoms with Crippen LogP contribution in [0.1, 0.15) is 23.2 Å². The molecule has 0 fully saturated rings. The molecule has 0 unspecified atom stereocenters. The van der Waals surface area contributed by atoms with E-state index < -0.39 is 0 Å². The van der Waals surface area contributed by atoms with Crippen LogP contribution in [0.25, 0.3) is 10.9 Å². The SMILES string of the molecule is Bc1c(C=O)c2cc(OC)ccc2n1CCCC#N. The molecular formula is C14H15BN2O2. The number of carbonyl (C=O) groups is 1. The number of methoxy groups -OCH3 is 1. The molecule has 0 saturated carbocycles. The second kappa shape index (κ2) is 5.62. The van der Waals surface area contributed by atoms with Gasteiger partial charge in [-0.2, -0.15) is 5.26 Å². The summed E-state index contributed by atoms with van der Waals surface area (Å²) in [5.74, 6) is 0.741. The first-order valence-corrected chi connectivity index (χ1v) is 6.22. The van der Waals surface area contributed by atoms with E-state index in [9.17, 15) is 4.79 Å². The van der Waals surface area contributed by atoms with Crippen molar-refractivity contribution in [3.05, 3.63) is 23.8 Å². The number of fused-ring (bicyclic) bond motifs is 1. The van der Waals surface area contributed by atoms with Crippen LogP contribution < -0.4 is 10.3 Å². The van der Waals surface area contributed by atoms with Gasteiger partial charge in [0.1, 0.15) is 5.75 Å². The minimum atomic E-state index is 0.520. The number of carbonyl (C=O) groups excluding carboxylic acids is 1. The summed E-state index contributed by atoms with van der Waals surface area (Å²) in [7, 11) is 3.54. The van der Waals surface area contributed by atoms with Gasteiger partial charge in [-0.3, -0.25) is 4.79 Å². The molecule has 0 atom stereocenters. The molecule has 1 aromatic heterocycles. The highest BCUT2D eigenvalue weighted by Gasteiger charge is 2.13. The molecule has 1 heterocycles. The molecule has 4 nitrogen and oxygen atoms in total. The molecule has 0 aliphatic carbocycles. The van der Waals surface area contributed by atoms with Gasteiger partial charge in [-0.1, -0.05) is 0 Å². The molecule has 1 aromatic carbocycles. The Morgan fingerprint density at radius 2 is 2.32 bits per heavy atom. The number of hydrogen-bond acceptors (Lipinski definition) is 3. The van der Waals surface area contributed by atoms with Crippen molar-refractivity contribution in [2.75, 3.05) is 7.11 Å². The first-order chi connectivity index (χ1) is 9.22. The average Bonchev–Trinajstić information content (AvgIpc) is 2.70. The summed E-state index contributed by atoms with van der Waals surface area (Å²) in [6.07, 6.45) is 2.19. The minimum absolute atomic E-state index is 0.520. The van der Waals surface area contributed by atoms with Crippen molar-refractivity contribution in [1.29, 1.82) is 5.26 Å². The third-order valence-corrected chi connectivity index (χ3v) is 3.37. The highest BCUT2D eigenvalue weighted by molar-refractivity contribution is 6.37. The van der Waals surface area contributed by atoms with Crippen molar-refractivity contribution >= 4 is 30.6 Å². The van der Waals surface area contributed by atoms with E-state index in [-0.39, 0.29) is 0 Å². The second-order valence-electron chi connectivity index (χ2n) is 4.41. The van der Waals surface area contributed by atoms with Crippen LogP contribution in [0, 0.1) is 11.3 Å². The lowest BCUT2D eigenvalue weighted by Crippen LogP contribution is -2.20. The van der Waals surface area contributed by atoms with E-state index in [0.717, 1.165) is 41.5 Å². The van der Waals surface area contributed by atoms with Gasteiger partial charge >= 0.3 is 0 Å². The summed E-state index contributed by atoms with van der Waals surface area (Å²) in [5.41, 5.74) is 2.65. The van der Waals surface area contributed by atoms with Crippen LogP contribution in [-0.2, 0) is 6.54 Å². The summed E-state index contributed by atoms with van der Waals surface area (Å²) in [4.78, 5) is 11.3. The summed E-state index contributed by atoms with van der Waals surface area (Å²) in [6.45, 7) is 0.746. The first kappa shape index (κ1) is 13.2. The third kappa shape index (κ3) is 2.34. The summed E-state index contributed by atoms with van der Waals surface area (Å²) in [5, 5.41) is 9.52. The molecule has 0 amide bonds. The molecule has 2 aromatic rings. The number of benzene rings is 1. The number of aryl methyl sites for hydroxylation is 1. The molecule has 0 spiro atoms. The van der Waals surface area contributed by atoms with E-state index in [1.807, 2.05) is 26.0 Å². The van der Waals surface area contributed by atoms with E-state index in [1.54, 1.807) is 7.11 Å². The van der Waals surface area contributed by atoms with Crippen LogP contribution in [0.15, 0.2) is 18.2 Å². The van der Waals surface area contributed by atoms with E-state index in [1.165, 1.54) is 0 Å². The lowest BCUT2D eigenvalue weighted by Gasteiger charge is -2.07. The monoisotopic (exact) mass is 254 g/mol. The highest BCUT2D eigenvalue weighted by Crippen LogP contribution is 2.24. The summed E-state index contributed by atoms with van der Waals surface area (Å²) in [6, 6.07) is 7.87. The number of nitrogens with zero attached hydrogens (tertiary/aromatic N) is 2. The zero-order valence-corrected chi connectivity index (χ0v) is 11.1. The van der Waals surface area contributed by atoms with Gasteiger partial charge in [-0.25, -0.2) is 0 Å². The maximum Gasteiger partial charge on any atom is 0.162 e. The molecular weight excluding hydrogens is 239 g/mol. The largest absolute Gasteiger partial charge is 0.497 e. The van der Waals surface area contributed by atoms with Gasteiger partial charge in [0.25, 0.3) is 0 Å². The number of unbranched alkanes of at least 4 members (excludes halogenated alkanes) is 1. The summed E-state index contributed by atoms with van der Waals surface area (Å²) < 4.78 is 7.29. The predicted molar refractivity (Wildman–Crippen MR) is 76.9 cm³/mol. The minimum Gasteiger partial charge on any atom is -0.497 e. The van der Waals surface area contributed by atoms with Crippen LogP contribution in [0.4, 0.5) is 0 Å². The molecule has 0 aliphatic rings. The van der Waals surface area contributed by atoms with Gasteiger partial charge in [-0.15, -0.1) is 0 Å². The smallest absolute Gasteiger partial charge is 0.162 e. The Hall–Kier alpha value is -2.22. The number of aromatic nitrogens is 1. The standard InChI is InChI=1S/C14H15BN2O2/c1-19-10-4-5-13-11(8-10)12(9-18)14(15)17(13)7-3-2-6-16/h4-5,8-9H,2-3,7,15H2,1H3. The molecule has 0 bridgehead atoms. The van der Waals surface area contributed by atoms with E-state index in [2.05, 4.69) is 10.6 Å². The van der Waals surface area contributed by atoms with Crippen LogP contribution in [-0.4, -0.2) is 25.8 Å². The van der Waals surface area contributed by atoms with Crippen molar-refractivity contribution < 1.29 is 9.53 Å². The molecule has 96 valence electrons. The van der Waals surface area contributed by atoms with Crippen molar-refractivity contribution in [1.82, 2.24) is 4.57 Å². The number of nitriles is 1. The van der Waals surface area contributed by atoms with Gasteiger partial charge in [-0.05, 0) is 30.2 Å². The number of ether oxygens (including phenoxy) is 1. The maximum atomic E-state index is 11.3. The van der Waals surface area contributed by atoms with Crippen molar-refractivity contribution in [3.63, 3.8) is 0 Å². The molecule has 0 radical (unpaired) electrons. The first-order valence-electron chi connectivity index (χ1n) is 6.22. The highest BCUT2D eigenvalue weighted by atomic mass is 16.5. The van der Waals surface area contributed by atoms with Crippen molar-refractivity contribution in [3.8, 4) is 11.8 Å². The van der Waals surface area contributed by atoms with Gasteiger partial charge in [0.05, 0.1) is 13.2 Å². The second-order valence-corrected chi connectivity index (χ2v) is 4.41. The summed E-state index contributed by atoms with van der Waals surface area (Å²) >= 11 is 0. The molecule has 0 aliphatic heterocycles. The Morgan fingerprint density at radius 3 is 2.95 bits per heavy atom. The third-order valence-electron chi connectivity index (χ3n) is 3.37. The number of hydrogen-bond donors (Lipinski definition) is 0. The zero-order chi connectivity index (χ0) is 13.8. The maximum absolute atomic E-state index is 11.3. The van der Waals surface area contributed by atoms with E-state index in [0.29, 0.717) is 12.0 Å². The lowest BCUT2D eigenvalue weighted by molar-refractivity contribution is 0.112. The van der Waals surface area contributed by atoms with Crippen molar-refractivity contribution in [2.24, 2.45) is 0 Å². The number of rotatable bonds is 5. The lowest BCUT2D eigenvalue weighted by atomic mass is 9.98. The van der Waals surface area contributed by atoms with Crippen LogP contribution in [0.5, 0.6) is 5.75 Å². The fraction of sp³-hybridized carbons (Fsp3) is 0.286. The van der Waals surface area contributed by atoms with Crippen LogP contribution in [0.3, 0.4) is 0 Å². The van der Waals surface area contributed by atoms with Gasteiger partial charge in [0.2, 0.25) is 0 Å². The Labute approximate surface area is 113 Å². The van der Waals surface area contributed by atoms with Gasteiger partial charge in [0, 0.05) is 29.4 Å². The molecule has 19 heavy (non-hydrogen) atoms. The molecule has 5 heteroatoms. The average molecular weight is 254 g/mol. The normalized spacial score (nSPS) is 10.3. The zero-order valence-electron chi connectivity index (χ0n) is 11.1. The Bertz CT molecular complexity index is 655. The van der Waals surface area contributed by atoms with Crippen LogP contribution in [0.2, 0.25) is 0 Å². The van der Waals surface area contributed by atoms with Gasteiger partial charge in [0.15, 0.2) is 14.1 Å². The predicted octanol–water partition coefficient (Wildman–Crippen LogP) is 1.02. The Morgan fingerprint density at radius 1 is 1.53 bits per heavy atom. The Kier molecular flexibility index (Phi) is 3.91. The van der Waals surface area contributed by atoms with Gasteiger partial charge < -0.3 is 9.30 Å². The van der Waals surface area contributed by atoms with E-state index >= 15 is 0 Å². The fourth-order valence-corrected chi connectivity index (χ4v) is 2.37. The molecule has 0 saturated heterocycles. The Balaban J connectivity index is 2.54. The van der Waals surface area contributed by atoms with Crippen LogP contribution >= 0.6 is 0 Å². The molecule has 2 rings (SSSR count). The fourth-order valence-electron chi connectivity index (χ4n) is 2.37. The van der Waals surface area contributed by atoms with Crippen molar-refractivity contribution in [2.45, 2.75) is 19.4 Å². The quantitative estimate of drug-likeness (QED) is 0.455. The number of aldehydes is 1. The van der Waals surface area contributed by atoms with E-state index in [4.69, 9.17) is 10.00 Å².